The third kappa shape index (κ3) is 1.04. The number of hydrogen-bond donors (Lipinski definition) is 0. The molecule has 1 aromatic heterocycles. The smallest absolute Gasteiger partial charge is 0.0980 e. The Kier molecular flexibility index (Phi) is 1.47. The molecule has 0 aliphatic rings. The highest BCUT2D eigenvalue weighted by Crippen LogP contribution is 2.14. The zero-order valence-electron chi connectivity index (χ0n) is 7.36. The Morgan fingerprint density at radius 1 is 0.857 bits per heavy atom. The third-order valence-electron chi connectivity index (χ3n) is 2.11. The number of para-hydroxylation sites is 2. The first-order valence-corrected chi connectivity index (χ1v) is 4.38. The molecular formula is C12H6N2. The summed E-state index contributed by atoms with van der Waals surface area (Å²) in [5.41, 5.74) is 3.45. The first kappa shape index (κ1) is 7.44. The number of fused-ring (bicyclic) bond motifs is 2. The molecule has 0 atom stereocenters. The van der Waals surface area contributed by atoms with E-state index in [1.54, 1.807) is 6.07 Å². The van der Waals surface area contributed by atoms with E-state index in [4.69, 9.17) is 0 Å². The van der Waals surface area contributed by atoms with Gasteiger partial charge < -0.3 is 0 Å². The van der Waals surface area contributed by atoms with Crippen LogP contribution < -0.4 is 0 Å². The molecule has 1 heterocycles. The number of nitrogens with zero attached hydrogens (tertiary/aromatic N) is 2. The van der Waals surface area contributed by atoms with Crippen LogP contribution in [0.25, 0.3) is 22.1 Å². The lowest BCUT2D eigenvalue weighted by molar-refractivity contribution is 1.39. The largest absolute Gasteiger partial charge is 0.244 e. The molecule has 0 bridgehead atoms. The molecule has 0 aliphatic heterocycles. The van der Waals surface area contributed by atoms with Gasteiger partial charge in [-0.1, -0.05) is 18.2 Å². The summed E-state index contributed by atoms with van der Waals surface area (Å²) in [7, 11) is 0. The second kappa shape index (κ2) is 2.77. The van der Waals surface area contributed by atoms with E-state index in [0.717, 1.165) is 22.1 Å². The molecule has 0 aliphatic carbocycles. The average molecular weight is 178 g/mol. The van der Waals surface area contributed by atoms with Gasteiger partial charge >= 0.3 is 0 Å². The first-order valence-electron chi connectivity index (χ1n) is 4.38. The maximum absolute atomic E-state index is 4.46. The van der Waals surface area contributed by atoms with Crippen molar-refractivity contribution in [3.63, 3.8) is 0 Å². The average Bonchev–Trinajstić information content (AvgIpc) is 2.26. The van der Waals surface area contributed by atoms with Crippen LogP contribution in [0.2, 0.25) is 0 Å². The number of aromatic nitrogens is 2. The van der Waals surface area contributed by atoms with Crippen LogP contribution in [0.4, 0.5) is 0 Å². The second-order valence-electron chi connectivity index (χ2n) is 3.05. The maximum atomic E-state index is 4.46. The SMILES string of the molecule is [c]1[c]c2nc3ccccc3nc2cc1. The van der Waals surface area contributed by atoms with E-state index in [1.165, 1.54) is 0 Å². The Morgan fingerprint density at radius 2 is 1.64 bits per heavy atom. The van der Waals surface area contributed by atoms with E-state index >= 15 is 0 Å². The number of rotatable bonds is 0. The highest BCUT2D eigenvalue weighted by atomic mass is 14.8. The predicted molar refractivity (Wildman–Crippen MR) is 54.7 cm³/mol. The van der Waals surface area contributed by atoms with Crippen LogP contribution in [-0.4, -0.2) is 9.97 Å². The standard InChI is InChI=1S/C12H6N2/c1-2-6-10-9(5-1)13-11-7-3-4-8-12(11)14-10/h1-3,5-7H. The van der Waals surface area contributed by atoms with Crippen LogP contribution in [0.5, 0.6) is 0 Å². The van der Waals surface area contributed by atoms with Gasteiger partial charge in [-0.2, -0.15) is 0 Å². The molecule has 0 saturated carbocycles. The molecule has 2 aromatic carbocycles. The molecule has 3 rings (SSSR count). The number of hydrogen-bond acceptors (Lipinski definition) is 2. The molecule has 2 nitrogen and oxygen atoms in total. The summed E-state index contributed by atoms with van der Waals surface area (Å²) in [6.45, 7) is 0. The fourth-order valence-corrected chi connectivity index (χ4v) is 1.45. The highest BCUT2D eigenvalue weighted by molar-refractivity contribution is 5.85. The minimum atomic E-state index is 0.770. The van der Waals surface area contributed by atoms with E-state index in [-0.39, 0.29) is 0 Å². The monoisotopic (exact) mass is 178 g/mol. The fraction of sp³-hybridized carbons (Fsp3) is 0. The predicted octanol–water partition coefficient (Wildman–Crippen LogP) is 2.38. The van der Waals surface area contributed by atoms with E-state index in [9.17, 15) is 0 Å². The summed E-state index contributed by atoms with van der Waals surface area (Å²) in [4.78, 5) is 8.89. The van der Waals surface area contributed by atoms with Crippen LogP contribution in [-0.2, 0) is 0 Å². The molecule has 0 amide bonds. The Bertz CT molecular complexity index is 497. The van der Waals surface area contributed by atoms with Crippen molar-refractivity contribution >= 4 is 22.1 Å². The fourth-order valence-electron chi connectivity index (χ4n) is 1.45. The van der Waals surface area contributed by atoms with Gasteiger partial charge in [-0.3, -0.25) is 0 Å². The summed E-state index contributed by atoms with van der Waals surface area (Å²) < 4.78 is 0. The van der Waals surface area contributed by atoms with Crippen molar-refractivity contribution < 1.29 is 0 Å². The molecule has 64 valence electrons. The molecule has 0 unspecified atom stereocenters. The van der Waals surface area contributed by atoms with Gasteiger partial charge in [0, 0.05) is 6.07 Å². The van der Waals surface area contributed by atoms with Crippen LogP contribution >= 0.6 is 0 Å². The maximum Gasteiger partial charge on any atom is 0.0980 e. The van der Waals surface area contributed by atoms with Gasteiger partial charge in [0.15, 0.2) is 0 Å². The van der Waals surface area contributed by atoms with E-state index in [1.807, 2.05) is 30.3 Å². The zero-order chi connectivity index (χ0) is 9.38. The molecule has 3 aromatic rings. The normalized spacial score (nSPS) is 10.9. The Morgan fingerprint density at radius 3 is 2.50 bits per heavy atom. The summed E-state index contributed by atoms with van der Waals surface area (Å²) >= 11 is 0. The quantitative estimate of drug-likeness (QED) is 0.494. The van der Waals surface area contributed by atoms with Gasteiger partial charge in [0.1, 0.15) is 0 Å². The minimum absolute atomic E-state index is 0.770. The van der Waals surface area contributed by atoms with Crippen molar-refractivity contribution in [3.8, 4) is 0 Å². The van der Waals surface area contributed by atoms with Crippen LogP contribution in [0.3, 0.4) is 0 Å². The van der Waals surface area contributed by atoms with Crippen molar-refractivity contribution in [1.29, 1.82) is 0 Å². The summed E-state index contributed by atoms with van der Waals surface area (Å²) in [6, 6.07) is 17.3. The van der Waals surface area contributed by atoms with Crippen molar-refractivity contribution in [2.24, 2.45) is 0 Å². The molecule has 2 heteroatoms. The highest BCUT2D eigenvalue weighted by Gasteiger charge is 1.98. The summed E-state index contributed by atoms with van der Waals surface area (Å²) in [6.07, 6.45) is 0. The van der Waals surface area contributed by atoms with E-state index in [0.29, 0.717) is 0 Å². The number of benzene rings is 2. The van der Waals surface area contributed by atoms with Crippen LogP contribution in [0.1, 0.15) is 0 Å². The Labute approximate surface area is 81.2 Å². The zero-order valence-corrected chi connectivity index (χ0v) is 7.36. The molecule has 14 heavy (non-hydrogen) atoms. The molecule has 0 N–H and O–H groups in total. The Hall–Kier alpha value is -1.96. The molecule has 2 radical (unpaired) electrons. The van der Waals surface area contributed by atoms with Gasteiger partial charge in [0.05, 0.1) is 22.1 Å². The van der Waals surface area contributed by atoms with E-state index in [2.05, 4.69) is 22.1 Å². The molecule has 0 fully saturated rings. The molecule has 0 spiro atoms. The molecule has 0 saturated heterocycles. The lowest BCUT2D eigenvalue weighted by atomic mass is 10.2. The minimum Gasteiger partial charge on any atom is -0.244 e. The van der Waals surface area contributed by atoms with Gasteiger partial charge in [-0.25, -0.2) is 9.97 Å². The van der Waals surface area contributed by atoms with Gasteiger partial charge in [0.25, 0.3) is 0 Å². The Balaban J connectivity index is 2.52. The summed E-state index contributed by atoms with van der Waals surface area (Å²) in [5.74, 6) is 0. The van der Waals surface area contributed by atoms with Gasteiger partial charge in [0.2, 0.25) is 0 Å². The summed E-state index contributed by atoms with van der Waals surface area (Å²) in [5, 5.41) is 0. The topological polar surface area (TPSA) is 25.8 Å². The van der Waals surface area contributed by atoms with E-state index < -0.39 is 0 Å². The third-order valence-corrected chi connectivity index (χ3v) is 2.11. The second-order valence-corrected chi connectivity index (χ2v) is 3.05. The first-order chi connectivity index (χ1) is 6.93. The van der Waals surface area contributed by atoms with Gasteiger partial charge in [-0.05, 0) is 24.3 Å². The lowest BCUT2D eigenvalue weighted by Gasteiger charge is -1.98. The van der Waals surface area contributed by atoms with Crippen molar-refractivity contribution in [3.05, 3.63) is 48.5 Å². The van der Waals surface area contributed by atoms with Gasteiger partial charge in [-0.15, -0.1) is 0 Å². The van der Waals surface area contributed by atoms with Crippen LogP contribution in [0, 0.1) is 12.1 Å². The van der Waals surface area contributed by atoms with Crippen LogP contribution in [0.15, 0.2) is 36.4 Å². The van der Waals surface area contributed by atoms with Crippen molar-refractivity contribution in [2.75, 3.05) is 0 Å². The van der Waals surface area contributed by atoms with Crippen molar-refractivity contribution in [2.45, 2.75) is 0 Å². The van der Waals surface area contributed by atoms with Crippen molar-refractivity contribution in [1.82, 2.24) is 9.97 Å². The lowest BCUT2D eigenvalue weighted by Crippen LogP contribution is -1.86. The molecular weight excluding hydrogens is 172 g/mol.